The van der Waals surface area contributed by atoms with Gasteiger partial charge < -0.3 is 9.80 Å². The zero-order chi connectivity index (χ0) is 55.0. The lowest BCUT2D eigenvalue weighted by Crippen LogP contribution is -2.62. The Morgan fingerprint density at radius 3 is 1.79 bits per heavy atom. The van der Waals surface area contributed by atoms with E-state index in [-0.39, 0.29) is 33.8 Å². The van der Waals surface area contributed by atoms with Crippen LogP contribution in [-0.4, -0.2) is 6.71 Å². The van der Waals surface area contributed by atoms with Crippen LogP contribution in [0, 0.1) is 11.3 Å². The molecule has 8 aromatic rings. The zero-order valence-electron chi connectivity index (χ0n) is 49.2. The van der Waals surface area contributed by atoms with Gasteiger partial charge in [0.05, 0.1) is 5.69 Å². The summed E-state index contributed by atoms with van der Waals surface area (Å²) in [5.41, 5.74) is 28.9. The first-order valence-corrected chi connectivity index (χ1v) is 31.2. The van der Waals surface area contributed by atoms with Crippen molar-refractivity contribution < 1.29 is 0 Å². The molecule has 4 heteroatoms. The molecule has 0 radical (unpaired) electrons. The van der Waals surface area contributed by atoms with E-state index >= 15 is 0 Å². The van der Waals surface area contributed by atoms with Crippen LogP contribution >= 0.6 is 11.3 Å². The lowest BCUT2D eigenvalue weighted by molar-refractivity contribution is 0.296. The summed E-state index contributed by atoms with van der Waals surface area (Å²) >= 11 is 2.00. The highest BCUT2D eigenvalue weighted by atomic mass is 32.1. The van der Waals surface area contributed by atoms with Gasteiger partial charge in [-0.25, -0.2) is 0 Å². The van der Waals surface area contributed by atoms with Crippen molar-refractivity contribution in [3.63, 3.8) is 0 Å². The molecule has 0 N–H and O–H groups in total. The lowest BCUT2D eigenvalue weighted by atomic mass is 9.33. The number of nitrogens with zero attached hydrogens (tertiary/aromatic N) is 2. The molecule has 1 atom stereocenters. The van der Waals surface area contributed by atoms with Crippen LogP contribution in [0.1, 0.15) is 193 Å². The molecule has 80 heavy (non-hydrogen) atoms. The Kier molecular flexibility index (Phi) is 11.0. The molecule has 1 aromatic heterocycles. The predicted molar refractivity (Wildman–Crippen MR) is 344 cm³/mol. The Hall–Kier alpha value is -6.62. The second kappa shape index (κ2) is 17.5. The van der Waals surface area contributed by atoms with Crippen molar-refractivity contribution in [1.82, 2.24) is 0 Å². The van der Waals surface area contributed by atoms with Gasteiger partial charge in [-0.05, 0) is 181 Å². The third-order valence-electron chi connectivity index (χ3n) is 21.3. The van der Waals surface area contributed by atoms with Gasteiger partial charge in [-0.2, -0.15) is 0 Å². The van der Waals surface area contributed by atoms with Crippen molar-refractivity contribution >= 4 is 84.6 Å². The third kappa shape index (κ3) is 7.09. The SMILES string of the molecule is CC1(C)c2ccccc2C(C)(C)c2cc(N3c4cc5c(cc4B4c6ccc7sc8c(c7c6N(C6=C(c7ccccc7)CC(C(C)(C)C)C=C6)c6cc(C7CCCCC7)cc3c64)CCC=C8)C(C)(C)c3ccccc3C5(C)C)ccc21. The smallest absolute Gasteiger partial charge is 0.252 e. The molecule has 7 aromatic carbocycles. The number of benzene rings is 7. The van der Waals surface area contributed by atoms with Crippen molar-refractivity contribution in [1.29, 1.82) is 0 Å². The standard InChI is InChI=1S/C76H77BN2S/c1-72(2,3)49-34-38-63(52(42-49)47-26-16-13-17-27-47)79-66-41-48(46-24-14-12-15-25-46)40-65-70(66)77(61-37-39-68-69(71(61)79)51-28-18-23-33-67(51)80-68)62-44-59-60(76(10,11)56-32-22-21-31-55(56)75(59,8)9)45-64(62)78(65)50-35-36-57-58(43-50)74(6,7)54-30-20-19-29-53(54)73(57,4)5/h13,16-17,19-23,26-27,29-41,43-46,49H,12,14-15,18,24-25,28,42H2,1-11H3. The lowest BCUT2D eigenvalue weighted by Gasteiger charge is -2.49. The number of aryl methyl sites for hydroxylation is 1. The van der Waals surface area contributed by atoms with Gasteiger partial charge in [0.1, 0.15) is 0 Å². The summed E-state index contributed by atoms with van der Waals surface area (Å²) < 4.78 is 1.40. The fourth-order valence-electron chi connectivity index (χ4n) is 16.7. The van der Waals surface area contributed by atoms with Gasteiger partial charge in [0.2, 0.25) is 0 Å². The van der Waals surface area contributed by atoms with E-state index in [2.05, 4.69) is 244 Å². The Morgan fingerprint density at radius 2 is 1.14 bits per heavy atom. The molecule has 0 spiro atoms. The Labute approximate surface area is 481 Å². The summed E-state index contributed by atoms with van der Waals surface area (Å²) in [4.78, 5) is 7.09. The fraction of sp³-hybridized carbons (Fsp3) is 0.342. The highest BCUT2D eigenvalue weighted by Crippen LogP contribution is 2.57. The topological polar surface area (TPSA) is 6.48 Å². The average Bonchev–Trinajstić information content (AvgIpc) is 3.95. The van der Waals surface area contributed by atoms with Crippen molar-refractivity contribution in [2.24, 2.45) is 11.3 Å². The minimum Gasteiger partial charge on any atom is -0.311 e. The number of anilines is 5. The number of hydrogen-bond acceptors (Lipinski definition) is 3. The fourth-order valence-corrected chi connectivity index (χ4v) is 17.9. The predicted octanol–water partition coefficient (Wildman–Crippen LogP) is 18.6. The number of rotatable bonds is 4. The first kappa shape index (κ1) is 50.4. The summed E-state index contributed by atoms with van der Waals surface area (Å²) in [5.74, 6) is 0.881. The molecular weight excluding hydrogens is 984 g/mol. The van der Waals surface area contributed by atoms with Crippen molar-refractivity contribution in [2.45, 2.75) is 155 Å². The molecule has 2 aliphatic heterocycles. The molecule has 2 nitrogen and oxygen atoms in total. The van der Waals surface area contributed by atoms with Crippen LogP contribution in [0.5, 0.6) is 0 Å². The van der Waals surface area contributed by atoms with Crippen LogP contribution in [0.15, 0.2) is 157 Å². The van der Waals surface area contributed by atoms with Gasteiger partial charge in [-0.3, -0.25) is 0 Å². The molecule has 0 saturated heterocycles. The molecule has 400 valence electrons. The first-order chi connectivity index (χ1) is 38.3. The summed E-state index contributed by atoms with van der Waals surface area (Å²) in [5, 5.41) is 1.46. The summed E-state index contributed by atoms with van der Waals surface area (Å²) in [7, 11) is 0. The molecule has 1 saturated carbocycles. The molecule has 1 fully saturated rings. The van der Waals surface area contributed by atoms with E-state index in [0.29, 0.717) is 11.8 Å². The van der Waals surface area contributed by atoms with E-state index in [1.54, 1.807) is 0 Å². The van der Waals surface area contributed by atoms with Crippen LogP contribution in [0.3, 0.4) is 0 Å². The van der Waals surface area contributed by atoms with E-state index in [1.165, 1.54) is 164 Å². The third-order valence-corrected chi connectivity index (χ3v) is 22.4. The zero-order valence-corrected chi connectivity index (χ0v) is 50.0. The van der Waals surface area contributed by atoms with Crippen LogP contribution in [0.2, 0.25) is 0 Å². The Morgan fingerprint density at radius 1 is 0.550 bits per heavy atom. The average molecular weight is 1060 g/mol. The largest absolute Gasteiger partial charge is 0.311 e. The van der Waals surface area contributed by atoms with Gasteiger partial charge in [0, 0.05) is 65.1 Å². The molecule has 7 aliphatic rings. The minimum atomic E-state index is -0.224. The van der Waals surface area contributed by atoms with Gasteiger partial charge >= 0.3 is 0 Å². The molecular formula is C76H77BN2S. The van der Waals surface area contributed by atoms with Gasteiger partial charge in [-0.1, -0.05) is 205 Å². The number of hydrogen-bond donors (Lipinski definition) is 0. The van der Waals surface area contributed by atoms with Gasteiger partial charge in [0.15, 0.2) is 0 Å². The quantitative estimate of drug-likeness (QED) is 0.162. The van der Waals surface area contributed by atoms with Crippen molar-refractivity contribution in [2.75, 3.05) is 9.80 Å². The van der Waals surface area contributed by atoms with E-state index in [1.807, 2.05) is 11.3 Å². The van der Waals surface area contributed by atoms with Gasteiger partial charge in [0.25, 0.3) is 6.71 Å². The molecule has 15 rings (SSSR count). The summed E-state index contributed by atoms with van der Waals surface area (Å²) in [6.45, 7) is 27.1. The normalized spacial score (nSPS) is 20.5. The number of allylic oxidation sites excluding steroid dienone is 4. The molecule has 0 amide bonds. The van der Waals surface area contributed by atoms with E-state index in [0.717, 1.165) is 19.3 Å². The molecule has 5 aliphatic carbocycles. The number of thiophene rings is 1. The maximum atomic E-state index is 2.86. The van der Waals surface area contributed by atoms with Crippen LogP contribution in [0.4, 0.5) is 28.4 Å². The maximum absolute atomic E-state index is 2.86. The van der Waals surface area contributed by atoms with Crippen LogP contribution < -0.4 is 26.2 Å². The van der Waals surface area contributed by atoms with E-state index < -0.39 is 0 Å². The van der Waals surface area contributed by atoms with Crippen LogP contribution in [-0.2, 0) is 28.1 Å². The maximum Gasteiger partial charge on any atom is 0.252 e. The molecule has 1 unspecified atom stereocenters. The minimum absolute atomic E-state index is 0.00563. The second-order valence-corrected chi connectivity index (χ2v) is 29.3. The van der Waals surface area contributed by atoms with E-state index in [9.17, 15) is 0 Å². The number of fused-ring (bicyclic) bond motifs is 12. The van der Waals surface area contributed by atoms with Gasteiger partial charge in [-0.15, -0.1) is 11.3 Å². The Bertz CT molecular complexity index is 4030. The Balaban J connectivity index is 1.09. The summed E-state index contributed by atoms with van der Waals surface area (Å²) in [6, 6.07) is 53.8. The first-order valence-electron chi connectivity index (χ1n) is 30.4. The van der Waals surface area contributed by atoms with Crippen molar-refractivity contribution in [3.05, 3.63) is 223 Å². The highest BCUT2D eigenvalue weighted by Gasteiger charge is 2.50. The van der Waals surface area contributed by atoms with Crippen LogP contribution in [0.25, 0.3) is 21.7 Å². The van der Waals surface area contributed by atoms with E-state index in [4.69, 9.17) is 0 Å². The monoisotopic (exact) mass is 1060 g/mol. The molecule has 3 heterocycles. The molecule has 0 bridgehead atoms. The second-order valence-electron chi connectivity index (χ2n) is 28.2. The highest BCUT2D eigenvalue weighted by molar-refractivity contribution is 7.20. The summed E-state index contributed by atoms with van der Waals surface area (Å²) in [6.07, 6.45) is 19.4. The van der Waals surface area contributed by atoms with Crippen molar-refractivity contribution in [3.8, 4) is 0 Å².